The van der Waals surface area contributed by atoms with Crippen molar-refractivity contribution in [2.24, 2.45) is 0 Å². The number of hydrogen-bond acceptors (Lipinski definition) is 3. The molecule has 4 nitrogen and oxygen atoms in total. The predicted octanol–water partition coefficient (Wildman–Crippen LogP) is -1.10. The molecule has 0 aliphatic heterocycles. The monoisotopic (exact) mass is 263 g/mol. The largest absolute Gasteiger partial charge is 1.00 e. The second-order valence-corrected chi connectivity index (χ2v) is 3.54. The van der Waals surface area contributed by atoms with Crippen LogP contribution in [0.1, 0.15) is 11.3 Å². The highest BCUT2D eigenvalue weighted by Crippen LogP contribution is 2.10. The maximum Gasteiger partial charge on any atom is 0.301 e. The number of allylic oxidation sites excluding steroid dienone is 1. The van der Waals surface area contributed by atoms with Crippen LogP contribution in [-0.2, 0) is 6.54 Å². The average molecular weight is 264 g/mol. The first kappa shape index (κ1) is 14.0. The van der Waals surface area contributed by atoms with Gasteiger partial charge in [0.1, 0.15) is 0 Å². The van der Waals surface area contributed by atoms with Gasteiger partial charge in [0.2, 0.25) is 5.27 Å². The Labute approximate surface area is 112 Å². The SMILES string of the molecule is C=CC[n+]1noc(N)c1/C=C/c1ccccc1.[Cl-]. The molecule has 2 rings (SSSR count). The van der Waals surface area contributed by atoms with Gasteiger partial charge in [0, 0.05) is 6.08 Å². The summed E-state index contributed by atoms with van der Waals surface area (Å²) in [5.74, 6) is 0.305. The van der Waals surface area contributed by atoms with Gasteiger partial charge in [0.15, 0.2) is 6.54 Å². The summed E-state index contributed by atoms with van der Waals surface area (Å²) in [6.07, 6.45) is 5.58. The van der Waals surface area contributed by atoms with Gasteiger partial charge in [-0.15, -0.1) is 0 Å². The van der Waals surface area contributed by atoms with Crippen LogP contribution in [0.5, 0.6) is 0 Å². The molecular weight excluding hydrogens is 250 g/mol. The maximum atomic E-state index is 5.70. The summed E-state index contributed by atoms with van der Waals surface area (Å²) in [6.45, 7) is 4.22. The van der Waals surface area contributed by atoms with Crippen LogP contribution in [0.15, 0.2) is 47.5 Å². The van der Waals surface area contributed by atoms with Crippen molar-refractivity contribution < 1.29 is 21.6 Å². The second-order valence-electron chi connectivity index (χ2n) is 3.54. The van der Waals surface area contributed by atoms with E-state index >= 15 is 0 Å². The minimum atomic E-state index is 0. The van der Waals surface area contributed by atoms with Crippen LogP contribution in [0.25, 0.3) is 12.2 Å². The van der Waals surface area contributed by atoms with Gasteiger partial charge in [-0.2, -0.15) is 0 Å². The zero-order chi connectivity index (χ0) is 12.1. The molecule has 0 unspecified atom stereocenters. The Bertz CT molecular complexity index is 534. The molecule has 0 atom stereocenters. The topological polar surface area (TPSA) is 55.9 Å². The second kappa shape index (κ2) is 6.61. The number of hydrogen-bond donors (Lipinski definition) is 1. The lowest BCUT2D eigenvalue weighted by Gasteiger charge is -1.89. The molecule has 0 aliphatic rings. The van der Waals surface area contributed by atoms with Gasteiger partial charge >= 0.3 is 5.88 Å². The number of aromatic nitrogens is 2. The Hall–Kier alpha value is -2.07. The normalized spacial score (nSPS) is 10.2. The molecule has 2 N–H and O–H groups in total. The van der Waals surface area contributed by atoms with E-state index in [-0.39, 0.29) is 12.4 Å². The van der Waals surface area contributed by atoms with Gasteiger partial charge in [0.05, 0.1) is 0 Å². The third-order valence-corrected chi connectivity index (χ3v) is 2.30. The number of anilines is 1. The minimum Gasteiger partial charge on any atom is -1.00 e. The molecule has 0 saturated carbocycles. The molecule has 1 aromatic carbocycles. The van der Waals surface area contributed by atoms with Crippen molar-refractivity contribution in [3.63, 3.8) is 0 Å². The summed E-state index contributed by atoms with van der Waals surface area (Å²) in [4.78, 5) is 0. The highest BCUT2D eigenvalue weighted by atomic mass is 35.5. The van der Waals surface area contributed by atoms with E-state index in [1.54, 1.807) is 10.8 Å². The van der Waals surface area contributed by atoms with Gasteiger partial charge in [-0.25, -0.2) is 0 Å². The minimum absolute atomic E-state index is 0. The fraction of sp³-hybridized carbons (Fsp3) is 0.0769. The van der Waals surface area contributed by atoms with Crippen molar-refractivity contribution in [1.82, 2.24) is 5.27 Å². The summed E-state index contributed by atoms with van der Waals surface area (Å²) in [5, 5.41) is 3.81. The van der Waals surface area contributed by atoms with Crippen LogP contribution in [0.3, 0.4) is 0 Å². The fourth-order valence-corrected chi connectivity index (χ4v) is 1.47. The highest BCUT2D eigenvalue weighted by Gasteiger charge is 2.17. The van der Waals surface area contributed by atoms with E-state index in [1.165, 1.54) is 0 Å². The zero-order valence-corrected chi connectivity index (χ0v) is 10.5. The van der Waals surface area contributed by atoms with Crippen molar-refractivity contribution in [2.45, 2.75) is 6.54 Å². The van der Waals surface area contributed by atoms with Crippen LogP contribution in [-0.4, -0.2) is 5.27 Å². The number of nitrogen functional groups attached to an aromatic ring is 1. The molecule has 0 amide bonds. The van der Waals surface area contributed by atoms with Gasteiger partial charge in [-0.3, -0.25) is 4.52 Å². The first-order valence-corrected chi connectivity index (χ1v) is 5.30. The average Bonchev–Trinajstić information content (AvgIpc) is 2.70. The summed E-state index contributed by atoms with van der Waals surface area (Å²) >= 11 is 0. The summed E-state index contributed by atoms with van der Waals surface area (Å²) in [5.41, 5.74) is 7.54. The van der Waals surface area contributed by atoms with Crippen LogP contribution in [0.2, 0.25) is 0 Å². The Morgan fingerprint density at radius 2 is 2.00 bits per heavy atom. The summed E-state index contributed by atoms with van der Waals surface area (Å²) < 4.78 is 6.58. The molecule has 18 heavy (non-hydrogen) atoms. The number of rotatable bonds is 4. The van der Waals surface area contributed by atoms with Gasteiger partial charge in [-0.1, -0.05) is 36.9 Å². The first-order valence-electron chi connectivity index (χ1n) is 5.30. The molecule has 0 saturated heterocycles. The van der Waals surface area contributed by atoms with E-state index in [1.807, 2.05) is 42.5 Å². The Morgan fingerprint density at radius 1 is 1.28 bits per heavy atom. The Kier molecular flexibility index (Phi) is 5.14. The predicted molar refractivity (Wildman–Crippen MR) is 66.7 cm³/mol. The maximum absolute atomic E-state index is 5.70. The molecule has 1 heterocycles. The van der Waals surface area contributed by atoms with Crippen LogP contribution in [0, 0.1) is 0 Å². The third-order valence-electron chi connectivity index (χ3n) is 2.30. The summed E-state index contributed by atoms with van der Waals surface area (Å²) in [6, 6.07) is 9.96. The van der Waals surface area contributed by atoms with E-state index in [4.69, 9.17) is 10.3 Å². The van der Waals surface area contributed by atoms with E-state index in [2.05, 4.69) is 11.9 Å². The number of benzene rings is 1. The first-order chi connectivity index (χ1) is 8.31. The van der Waals surface area contributed by atoms with E-state index in [0.29, 0.717) is 12.4 Å². The number of halogens is 1. The van der Waals surface area contributed by atoms with Crippen molar-refractivity contribution in [3.05, 3.63) is 54.2 Å². The molecule has 0 fully saturated rings. The molecular formula is C13H14ClN3O. The number of nitrogens with zero attached hydrogens (tertiary/aromatic N) is 2. The van der Waals surface area contributed by atoms with Gasteiger partial charge < -0.3 is 18.1 Å². The van der Waals surface area contributed by atoms with Crippen molar-refractivity contribution in [2.75, 3.05) is 5.73 Å². The van der Waals surface area contributed by atoms with Crippen molar-refractivity contribution >= 4 is 18.0 Å². The van der Waals surface area contributed by atoms with Gasteiger partial charge in [-0.05, 0) is 22.4 Å². The Balaban J connectivity index is 0.00000162. The molecule has 0 aliphatic carbocycles. The molecule has 94 valence electrons. The molecule has 0 spiro atoms. The lowest BCUT2D eigenvalue weighted by molar-refractivity contribution is -0.754. The van der Waals surface area contributed by atoms with Crippen LogP contribution >= 0.6 is 0 Å². The lowest BCUT2D eigenvalue weighted by Crippen LogP contribution is -3.00. The van der Waals surface area contributed by atoms with E-state index < -0.39 is 0 Å². The fourth-order valence-electron chi connectivity index (χ4n) is 1.47. The molecule has 5 heteroatoms. The van der Waals surface area contributed by atoms with Crippen LogP contribution < -0.4 is 22.8 Å². The quantitative estimate of drug-likeness (QED) is 0.563. The summed E-state index contributed by atoms with van der Waals surface area (Å²) in [7, 11) is 0. The van der Waals surface area contributed by atoms with E-state index in [0.717, 1.165) is 11.3 Å². The third kappa shape index (κ3) is 3.21. The standard InChI is InChI=1S/C13H14N3O.ClH/c1-2-10-16-12(13(14)17-15-16)9-8-11-6-4-3-5-7-11;/h2-9H,1,10,14H2;1H/q+1;/p-1/b9-8+;. The molecule has 0 radical (unpaired) electrons. The number of nitrogens with two attached hydrogens (primary N) is 1. The lowest BCUT2D eigenvalue weighted by atomic mass is 10.2. The highest BCUT2D eigenvalue weighted by molar-refractivity contribution is 5.70. The molecule has 1 aromatic heterocycles. The van der Waals surface area contributed by atoms with Crippen molar-refractivity contribution in [1.29, 1.82) is 0 Å². The molecule has 2 aromatic rings. The Morgan fingerprint density at radius 3 is 2.67 bits per heavy atom. The van der Waals surface area contributed by atoms with Crippen molar-refractivity contribution in [3.8, 4) is 0 Å². The van der Waals surface area contributed by atoms with Gasteiger partial charge in [0.25, 0.3) is 5.69 Å². The molecule has 0 bridgehead atoms. The smallest absolute Gasteiger partial charge is 0.301 e. The zero-order valence-electron chi connectivity index (χ0n) is 9.79. The van der Waals surface area contributed by atoms with E-state index in [9.17, 15) is 0 Å². The van der Waals surface area contributed by atoms with Crippen LogP contribution in [0.4, 0.5) is 5.88 Å².